The van der Waals surface area contributed by atoms with Crippen LogP contribution in [0.5, 0.6) is 0 Å². The molecule has 1 aliphatic rings. The van der Waals surface area contributed by atoms with Crippen molar-refractivity contribution in [1.29, 1.82) is 0 Å². The SMILES string of the molecule is COCCN(C[C@H]1CN(C[C@H](O)COCC(F)(F)C(F)F)CCO1)C(=O)c1cccc(C(F)(F)F)c1. The molecule has 14 heteroatoms. The number of carbonyl (C=O) groups excluding carboxylic acids is 1. The Morgan fingerprint density at radius 2 is 2.00 bits per heavy atom. The molecule has 206 valence electrons. The van der Waals surface area contributed by atoms with Crippen LogP contribution in [0.25, 0.3) is 0 Å². The smallest absolute Gasteiger partial charge is 0.389 e. The number of hydrogen-bond acceptors (Lipinski definition) is 6. The van der Waals surface area contributed by atoms with E-state index in [9.17, 15) is 40.6 Å². The van der Waals surface area contributed by atoms with Gasteiger partial charge in [0.1, 0.15) is 6.61 Å². The van der Waals surface area contributed by atoms with E-state index in [1.807, 2.05) is 0 Å². The zero-order valence-corrected chi connectivity index (χ0v) is 19.5. The van der Waals surface area contributed by atoms with Gasteiger partial charge < -0.3 is 24.2 Å². The van der Waals surface area contributed by atoms with E-state index in [0.717, 1.165) is 18.2 Å². The summed E-state index contributed by atoms with van der Waals surface area (Å²) in [7, 11) is 1.41. The first-order valence-electron chi connectivity index (χ1n) is 11.0. The lowest BCUT2D eigenvalue weighted by Crippen LogP contribution is -2.51. The fraction of sp³-hybridized carbons (Fsp3) is 0.682. The molecule has 1 amide bonds. The summed E-state index contributed by atoms with van der Waals surface area (Å²) in [4.78, 5) is 16.0. The van der Waals surface area contributed by atoms with E-state index in [0.29, 0.717) is 6.54 Å². The second kappa shape index (κ2) is 13.5. The van der Waals surface area contributed by atoms with Gasteiger partial charge in [0.05, 0.1) is 37.6 Å². The van der Waals surface area contributed by atoms with E-state index < -0.39 is 55.4 Å². The van der Waals surface area contributed by atoms with Gasteiger partial charge in [0, 0.05) is 45.4 Å². The van der Waals surface area contributed by atoms with Crippen molar-refractivity contribution in [3.05, 3.63) is 35.4 Å². The van der Waals surface area contributed by atoms with Gasteiger partial charge in [-0.3, -0.25) is 9.69 Å². The van der Waals surface area contributed by atoms with Gasteiger partial charge in [-0.25, -0.2) is 8.78 Å². The molecule has 0 spiro atoms. The van der Waals surface area contributed by atoms with Crippen molar-refractivity contribution in [2.24, 2.45) is 0 Å². The fourth-order valence-corrected chi connectivity index (χ4v) is 3.54. The van der Waals surface area contributed by atoms with Crippen LogP contribution in [-0.2, 0) is 20.4 Å². The topological polar surface area (TPSA) is 71.5 Å². The Labute approximate surface area is 203 Å². The second-order valence-electron chi connectivity index (χ2n) is 8.31. The highest BCUT2D eigenvalue weighted by atomic mass is 19.4. The van der Waals surface area contributed by atoms with Gasteiger partial charge in [-0.05, 0) is 18.2 Å². The number of β-amino-alcohol motifs (C(OH)–C–C–N with tert-alkyl or cyclic N) is 1. The normalized spacial score (nSPS) is 18.4. The molecule has 1 N–H and O–H groups in total. The average molecular weight is 534 g/mol. The number of hydrogen-bond donors (Lipinski definition) is 1. The number of alkyl halides is 7. The van der Waals surface area contributed by atoms with Crippen molar-refractivity contribution in [2.45, 2.75) is 30.7 Å². The molecule has 2 atom stereocenters. The lowest BCUT2D eigenvalue weighted by molar-refractivity contribution is -0.171. The van der Waals surface area contributed by atoms with Crippen molar-refractivity contribution in [3.8, 4) is 0 Å². The molecule has 0 radical (unpaired) electrons. The van der Waals surface area contributed by atoms with E-state index in [-0.39, 0.29) is 45.0 Å². The standard InChI is InChI=1S/C22H29F7N2O5/c1-34-7-6-31(19(33)15-3-2-4-16(9-15)22(27,28)29)12-18-11-30(5-8-36-18)10-17(32)13-35-14-21(25,26)20(23)24/h2-4,9,17-18,20,32H,5-8,10-14H2,1H3/t17-,18+/m0/s1. The molecule has 1 heterocycles. The molecule has 0 unspecified atom stereocenters. The number of aliphatic hydroxyl groups excluding tert-OH is 1. The Hall–Kier alpha value is -2.00. The van der Waals surface area contributed by atoms with Gasteiger partial charge >= 0.3 is 18.5 Å². The minimum atomic E-state index is -4.61. The van der Waals surface area contributed by atoms with Gasteiger partial charge in [0.25, 0.3) is 5.91 Å². The molecule has 1 aromatic rings. The zero-order chi connectivity index (χ0) is 26.9. The van der Waals surface area contributed by atoms with Gasteiger partial charge in [0.2, 0.25) is 0 Å². The molecule has 0 saturated carbocycles. The summed E-state index contributed by atoms with van der Waals surface area (Å²) < 4.78 is 105. The summed E-state index contributed by atoms with van der Waals surface area (Å²) in [5, 5.41) is 10.0. The Morgan fingerprint density at radius 3 is 2.64 bits per heavy atom. The molecular formula is C22H29F7N2O5. The van der Waals surface area contributed by atoms with E-state index in [1.54, 1.807) is 4.90 Å². The van der Waals surface area contributed by atoms with E-state index in [4.69, 9.17) is 9.47 Å². The summed E-state index contributed by atoms with van der Waals surface area (Å²) in [6, 6.07) is 4.05. The Balaban J connectivity index is 1.95. The Kier molecular flexibility index (Phi) is 11.3. The van der Waals surface area contributed by atoms with E-state index in [1.165, 1.54) is 18.1 Å². The van der Waals surface area contributed by atoms with Crippen molar-refractivity contribution in [3.63, 3.8) is 0 Å². The van der Waals surface area contributed by atoms with Crippen molar-refractivity contribution in [2.75, 3.05) is 66.3 Å². The van der Waals surface area contributed by atoms with E-state index >= 15 is 0 Å². The number of benzene rings is 1. The molecule has 2 rings (SSSR count). The minimum Gasteiger partial charge on any atom is -0.389 e. The number of rotatable bonds is 13. The summed E-state index contributed by atoms with van der Waals surface area (Å²) >= 11 is 0. The van der Waals surface area contributed by atoms with Crippen LogP contribution in [0.4, 0.5) is 30.7 Å². The highest BCUT2D eigenvalue weighted by molar-refractivity contribution is 5.94. The number of aliphatic hydroxyl groups is 1. The van der Waals surface area contributed by atoms with Crippen LogP contribution in [0.1, 0.15) is 15.9 Å². The Morgan fingerprint density at radius 1 is 1.28 bits per heavy atom. The first-order valence-corrected chi connectivity index (χ1v) is 11.0. The van der Waals surface area contributed by atoms with Crippen LogP contribution in [0, 0.1) is 0 Å². The number of carbonyl (C=O) groups is 1. The maximum atomic E-state index is 13.1. The molecule has 0 aliphatic carbocycles. The molecule has 1 aliphatic heterocycles. The summed E-state index contributed by atoms with van der Waals surface area (Å²) in [5.41, 5.74) is -1.11. The van der Waals surface area contributed by atoms with Crippen LogP contribution in [0.2, 0.25) is 0 Å². The van der Waals surface area contributed by atoms with E-state index in [2.05, 4.69) is 4.74 Å². The second-order valence-corrected chi connectivity index (χ2v) is 8.31. The van der Waals surface area contributed by atoms with Crippen molar-refractivity contribution in [1.82, 2.24) is 9.80 Å². The number of halogens is 7. The molecular weight excluding hydrogens is 505 g/mol. The number of morpholine rings is 1. The monoisotopic (exact) mass is 534 g/mol. The molecule has 1 aromatic carbocycles. The lowest BCUT2D eigenvalue weighted by atomic mass is 10.1. The fourth-order valence-electron chi connectivity index (χ4n) is 3.54. The van der Waals surface area contributed by atoms with Gasteiger partial charge in [-0.1, -0.05) is 6.07 Å². The van der Waals surface area contributed by atoms with Crippen LogP contribution in [0.3, 0.4) is 0 Å². The largest absolute Gasteiger partial charge is 0.416 e. The minimum absolute atomic E-state index is 0.0160. The van der Waals surface area contributed by atoms with Crippen LogP contribution < -0.4 is 0 Å². The third-order valence-corrected chi connectivity index (χ3v) is 5.33. The lowest BCUT2D eigenvalue weighted by Gasteiger charge is -2.36. The number of methoxy groups -OCH3 is 1. The Bertz CT molecular complexity index is 828. The first kappa shape index (κ1) is 30.2. The van der Waals surface area contributed by atoms with Gasteiger partial charge in [0.15, 0.2) is 0 Å². The van der Waals surface area contributed by atoms with Gasteiger partial charge in [-0.2, -0.15) is 22.0 Å². The molecule has 1 fully saturated rings. The predicted octanol–water partition coefficient (Wildman–Crippen LogP) is 2.77. The highest BCUT2D eigenvalue weighted by Gasteiger charge is 2.41. The molecule has 36 heavy (non-hydrogen) atoms. The average Bonchev–Trinajstić information content (AvgIpc) is 2.81. The quantitative estimate of drug-likeness (QED) is 0.393. The van der Waals surface area contributed by atoms with Crippen molar-refractivity contribution >= 4 is 5.91 Å². The third kappa shape index (κ3) is 9.47. The number of nitrogens with zero attached hydrogens (tertiary/aromatic N) is 2. The van der Waals surface area contributed by atoms with Crippen molar-refractivity contribution < 1.29 is 54.8 Å². The molecule has 0 bridgehead atoms. The molecule has 1 saturated heterocycles. The van der Waals surface area contributed by atoms with Gasteiger partial charge in [-0.15, -0.1) is 0 Å². The third-order valence-electron chi connectivity index (χ3n) is 5.33. The van der Waals surface area contributed by atoms with Crippen LogP contribution >= 0.6 is 0 Å². The maximum Gasteiger partial charge on any atom is 0.416 e. The predicted molar refractivity (Wildman–Crippen MR) is 113 cm³/mol. The highest BCUT2D eigenvalue weighted by Crippen LogP contribution is 2.30. The summed E-state index contributed by atoms with van der Waals surface area (Å²) in [6.07, 6.45) is -10.3. The molecule has 7 nitrogen and oxygen atoms in total. The summed E-state index contributed by atoms with van der Waals surface area (Å²) in [6.45, 7) is -1.14. The number of ether oxygens (including phenoxy) is 3. The van der Waals surface area contributed by atoms with Crippen LogP contribution in [-0.4, -0.2) is 112 Å². The number of amides is 1. The maximum absolute atomic E-state index is 13.1. The summed E-state index contributed by atoms with van der Waals surface area (Å²) in [5.74, 6) is -4.96. The molecule has 0 aromatic heterocycles. The zero-order valence-electron chi connectivity index (χ0n) is 19.5. The first-order chi connectivity index (χ1) is 16.8. The van der Waals surface area contributed by atoms with Crippen LogP contribution in [0.15, 0.2) is 24.3 Å².